The summed E-state index contributed by atoms with van der Waals surface area (Å²) in [6.07, 6.45) is 0.922. The van der Waals surface area contributed by atoms with Crippen LogP contribution in [0.1, 0.15) is 12.5 Å². The summed E-state index contributed by atoms with van der Waals surface area (Å²) in [5.74, 6) is 0.872. The maximum Gasteiger partial charge on any atom is 0.118 e. The molecule has 0 aliphatic rings. The van der Waals surface area contributed by atoms with Gasteiger partial charge >= 0.3 is 0 Å². The summed E-state index contributed by atoms with van der Waals surface area (Å²) in [4.78, 5) is 0. The van der Waals surface area contributed by atoms with E-state index in [-0.39, 0.29) is 0 Å². The van der Waals surface area contributed by atoms with Crippen molar-refractivity contribution in [1.82, 2.24) is 5.32 Å². The molecule has 15 heavy (non-hydrogen) atoms. The van der Waals surface area contributed by atoms with Crippen molar-refractivity contribution in [2.45, 2.75) is 19.4 Å². The molecule has 0 saturated carbocycles. The molecular formula is C12H16N2O. The highest BCUT2D eigenvalue weighted by Gasteiger charge is 2.02. The number of nitrogens with one attached hydrogen (secondary N) is 1. The van der Waals surface area contributed by atoms with Gasteiger partial charge in [0.1, 0.15) is 5.75 Å². The van der Waals surface area contributed by atoms with Crippen LogP contribution in [0.15, 0.2) is 24.3 Å². The van der Waals surface area contributed by atoms with Crippen LogP contribution in [0.2, 0.25) is 0 Å². The third kappa shape index (κ3) is 4.01. The molecule has 0 aromatic heterocycles. The first-order valence-corrected chi connectivity index (χ1v) is 4.99. The predicted octanol–water partition coefficient (Wildman–Crippen LogP) is 1.74. The lowest BCUT2D eigenvalue weighted by atomic mass is 10.1. The standard InChI is InChI=1S/C12H16N2O/c1-10(14-8-7-13)9-11-3-5-12(15-2)6-4-11/h3-6,10,14H,8-9H2,1-2H3. The number of hydrogen-bond acceptors (Lipinski definition) is 3. The van der Waals surface area contributed by atoms with Crippen molar-refractivity contribution in [2.24, 2.45) is 0 Å². The minimum atomic E-state index is 0.318. The lowest BCUT2D eigenvalue weighted by Gasteiger charge is -2.11. The second-order valence-corrected chi connectivity index (χ2v) is 3.49. The molecule has 1 rings (SSSR count). The second-order valence-electron chi connectivity index (χ2n) is 3.49. The first kappa shape index (κ1) is 11.5. The minimum Gasteiger partial charge on any atom is -0.497 e. The number of hydrogen-bond donors (Lipinski definition) is 1. The van der Waals surface area contributed by atoms with Gasteiger partial charge in [-0.15, -0.1) is 0 Å². The van der Waals surface area contributed by atoms with Crippen molar-refractivity contribution in [2.75, 3.05) is 13.7 Å². The highest BCUT2D eigenvalue weighted by Crippen LogP contribution is 2.12. The Morgan fingerprint density at radius 2 is 2.07 bits per heavy atom. The first-order valence-electron chi connectivity index (χ1n) is 4.99. The van der Waals surface area contributed by atoms with Gasteiger partial charge in [0.2, 0.25) is 0 Å². The molecule has 3 heteroatoms. The van der Waals surface area contributed by atoms with Crippen molar-refractivity contribution in [3.8, 4) is 11.8 Å². The molecule has 0 spiro atoms. The fourth-order valence-corrected chi connectivity index (χ4v) is 1.41. The van der Waals surface area contributed by atoms with Crippen LogP contribution in [0.5, 0.6) is 5.75 Å². The van der Waals surface area contributed by atoms with E-state index in [0.29, 0.717) is 12.6 Å². The third-order valence-corrected chi connectivity index (χ3v) is 2.23. The number of ether oxygens (including phenoxy) is 1. The number of benzene rings is 1. The molecule has 0 saturated heterocycles. The molecule has 1 atom stereocenters. The van der Waals surface area contributed by atoms with Crippen molar-refractivity contribution < 1.29 is 4.74 Å². The number of nitrogens with zero attached hydrogens (tertiary/aromatic N) is 1. The molecule has 1 aromatic rings. The second kappa shape index (κ2) is 6.05. The van der Waals surface area contributed by atoms with Gasteiger partial charge in [-0.3, -0.25) is 0 Å². The summed E-state index contributed by atoms with van der Waals surface area (Å²) in [5.41, 5.74) is 1.24. The van der Waals surface area contributed by atoms with Crippen LogP contribution in [-0.4, -0.2) is 19.7 Å². The summed E-state index contributed by atoms with van der Waals surface area (Å²) in [6, 6.07) is 10.4. The quantitative estimate of drug-likeness (QED) is 0.743. The van der Waals surface area contributed by atoms with E-state index >= 15 is 0 Å². The number of nitriles is 1. The molecule has 3 nitrogen and oxygen atoms in total. The van der Waals surface area contributed by atoms with E-state index in [4.69, 9.17) is 10.00 Å². The van der Waals surface area contributed by atoms with E-state index in [0.717, 1.165) is 12.2 Å². The van der Waals surface area contributed by atoms with Gasteiger partial charge < -0.3 is 10.1 Å². The van der Waals surface area contributed by atoms with E-state index in [1.54, 1.807) is 7.11 Å². The zero-order valence-corrected chi connectivity index (χ0v) is 9.16. The predicted molar refractivity (Wildman–Crippen MR) is 59.8 cm³/mol. The van der Waals surface area contributed by atoms with Gasteiger partial charge in [0, 0.05) is 6.04 Å². The summed E-state index contributed by atoms with van der Waals surface area (Å²) in [5, 5.41) is 11.5. The fraction of sp³-hybridized carbons (Fsp3) is 0.417. The molecule has 0 bridgehead atoms. The summed E-state index contributed by atoms with van der Waals surface area (Å²) >= 11 is 0. The summed E-state index contributed by atoms with van der Waals surface area (Å²) in [7, 11) is 1.66. The summed E-state index contributed by atoms with van der Waals surface area (Å²) in [6.45, 7) is 2.47. The van der Waals surface area contributed by atoms with E-state index < -0.39 is 0 Å². The monoisotopic (exact) mass is 204 g/mol. The molecule has 0 aliphatic carbocycles. The maximum atomic E-state index is 8.42. The Bertz CT molecular complexity index is 326. The highest BCUT2D eigenvalue weighted by molar-refractivity contribution is 5.27. The first-order chi connectivity index (χ1) is 7.26. The largest absolute Gasteiger partial charge is 0.497 e. The van der Waals surface area contributed by atoms with Gasteiger partial charge in [-0.05, 0) is 31.0 Å². The molecule has 0 fully saturated rings. The van der Waals surface area contributed by atoms with Crippen LogP contribution in [0.3, 0.4) is 0 Å². The fourth-order valence-electron chi connectivity index (χ4n) is 1.41. The number of methoxy groups -OCH3 is 1. The van der Waals surface area contributed by atoms with Crippen molar-refractivity contribution >= 4 is 0 Å². The Labute approximate surface area is 90.7 Å². The lowest BCUT2D eigenvalue weighted by Crippen LogP contribution is -2.28. The molecule has 0 heterocycles. The lowest BCUT2D eigenvalue weighted by molar-refractivity contribution is 0.414. The van der Waals surface area contributed by atoms with E-state index in [9.17, 15) is 0 Å². The smallest absolute Gasteiger partial charge is 0.118 e. The van der Waals surface area contributed by atoms with Gasteiger partial charge in [0.25, 0.3) is 0 Å². The Hall–Kier alpha value is -1.53. The number of rotatable bonds is 5. The molecule has 0 amide bonds. The third-order valence-electron chi connectivity index (χ3n) is 2.23. The zero-order chi connectivity index (χ0) is 11.1. The Morgan fingerprint density at radius 1 is 1.40 bits per heavy atom. The normalized spacial score (nSPS) is 11.8. The molecule has 1 aromatic carbocycles. The van der Waals surface area contributed by atoms with Crippen LogP contribution in [0, 0.1) is 11.3 Å². The molecular weight excluding hydrogens is 188 g/mol. The zero-order valence-electron chi connectivity index (χ0n) is 9.16. The molecule has 1 unspecified atom stereocenters. The SMILES string of the molecule is COc1ccc(CC(C)NCC#N)cc1. The molecule has 1 N–H and O–H groups in total. The minimum absolute atomic E-state index is 0.318. The molecule has 0 aliphatic heterocycles. The van der Waals surface area contributed by atoms with E-state index in [1.165, 1.54) is 5.56 Å². The topological polar surface area (TPSA) is 45.0 Å². The highest BCUT2D eigenvalue weighted by atomic mass is 16.5. The van der Waals surface area contributed by atoms with E-state index in [1.807, 2.05) is 24.3 Å². The van der Waals surface area contributed by atoms with Gasteiger partial charge in [0.15, 0.2) is 0 Å². The van der Waals surface area contributed by atoms with Crippen LogP contribution in [-0.2, 0) is 6.42 Å². The van der Waals surface area contributed by atoms with Crippen LogP contribution < -0.4 is 10.1 Å². The van der Waals surface area contributed by atoms with Crippen molar-refractivity contribution in [3.63, 3.8) is 0 Å². The van der Waals surface area contributed by atoms with E-state index in [2.05, 4.69) is 18.3 Å². The average molecular weight is 204 g/mol. The maximum absolute atomic E-state index is 8.42. The van der Waals surface area contributed by atoms with Gasteiger partial charge in [-0.2, -0.15) is 5.26 Å². The Morgan fingerprint density at radius 3 is 2.60 bits per heavy atom. The van der Waals surface area contributed by atoms with Gasteiger partial charge in [-0.1, -0.05) is 12.1 Å². The van der Waals surface area contributed by atoms with Gasteiger partial charge in [0.05, 0.1) is 19.7 Å². The average Bonchev–Trinajstić information content (AvgIpc) is 2.27. The Kier molecular flexibility index (Phi) is 4.65. The van der Waals surface area contributed by atoms with Crippen LogP contribution in [0.25, 0.3) is 0 Å². The van der Waals surface area contributed by atoms with Crippen LogP contribution >= 0.6 is 0 Å². The molecule has 80 valence electrons. The molecule has 0 radical (unpaired) electrons. The van der Waals surface area contributed by atoms with Crippen molar-refractivity contribution in [3.05, 3.63) is 29.8 Å². The Balaban J connectivity index is 2.46. The van der Waals surface area contributed by atoms with Crippen LogP contribution in [0.4, 0.5) is 0 Å². The summed E-state index contributed by atoms with van der Waals surface area (Å²) < 4.78 is 5.08. The van der Waals surface area contributed by atoms with Crippen molar-refractivity contribution in [1.29, 1.82) is 5.26 Å². The van der Waals surface area contributed by atoms with Gasteiger partial charge in [-0.25, -0.2) is 0 Å².